The van der Waals surface area contributed by atoms with Gasteiger partial charge in [-0.25, -0.2) is 0 Å². The Kier molecular flexibility index (Phi) is 2.92. The molecular formula is C12H15NO. The molecule has 2 heteroatoms. The highest BCUT2D eigenvalue weighted by molar-refractivity contribution is 5.79. The molecule has 1 aliphatic carbocycles. The number of hydrogen-bond acceptors (Lipinski definition) is 2. The van der Waals surface area contributed by atoms with E-state index >= 15 is 0 Å². The Morgan fingerprint density at radius 2 is 2.36 bits per heavy atom. The Balaban J connectivity index is 1.94. The van der Waals surface area contributed by atoms with Crippen molar-refractivity contribution in [2.75, 3.05) is 0 Å². The van der Waals surface area contributed by atoms with Gasteiger partial charge in [-0.1, -0.05) is 6.07 Å². The Morgan fingerprint density at radius 3 is 3.07 bits per heavy atom. The van der Waals surface area contributed by atoms with E-state index in [4.69, 9.17) is 0 Å². The summed E-state index contributed by atoms with van der Waals surface area (Å²) in [7, 11) is 0. The van der Waals surface area contributed by atoms with Crippen LogP contribution in [0.15, 0.2) is 24.4 Å². The predicted molar refractivity (Wildman–Crippen MR) is 54.9 cm³/mol. The summed E-state index contributed by atoms with van der Waals surface area (Å²) < 4.78 is 0. The molecule has 1 saturated carbocycles. The Bertz CT molecular complexity index is 307. The molecule has 0 saturated heterocycles. The molecule has 0 radical (unpaired) electrons. The fourth-order valence-corrected chi connectivity index (χ4v) is 2.10. The van der Waals surface area contributed by atoms with Crippen molar-refractivity contribution in [2.45, 2.75) is 32.1 Å². The predicted octanol–water partition coefficient (Wildman–Crippen LogP) is 2.38. The number of Topliss-reactive ketones (excluding diaryl/α,β-unsaturated/α-hetero) is 1. The van der Waals surface area contributed by atoms with E-state index in [0.717, 1.165) is 31.4 Å². The van der Waals surface area contributed by atoms with Crippen molar-refractivity contribution in [1.29, 1.82) is 0 Å². The van der Waals surface area contributed by atoms with Gasteiger partial charge in [0.15, 0.2) is 0 Å². The molecule has 14 heavy (non-hydrogen) atoms. The summed E-state index contributed by atoms with van der Waals surface area (Å²) in [6.07, 6.45) is 6.58. The van der Waals surface area contributed by atoms with Crippen LogP contribution in [-0.2, 0) is 11.2 Å². The smallest absolute Gasteiger partial charge is 0.133 e. The first kappa shape index (κ1) is 9.38. The maximum atomic E-state index is 11.2. The molecule has 1 aromatic heterocycles. The van der Waals surface area contributed by atoms with Gasteiger partial charge in [0.25, 0.3) is 0 Å². The van der Waals surface area contributed by atoms with Gasteiger partial charge in [0, 0.05) is 24.7 Å². The van der Waals surface area contributed by atoms with E-state index in [1.807, 2.05) is 24.4 Å². The first-order valence-electron chi connectivity index (χ1n) is 5.26. The van der Waals surface area contributed by atoms with Crippen LogP contribution < -0.4 is 0 Å². The molecule has 2 rings (SSSR count). The minimum absolute atomic E-state index is 0.428. The highest BCUT2D eigenvalue weighted by Crippen LogP contribution is 2.23. The van der Waals surface area contributed by atoms with Crippen LogP contribution in [-0.4, -0.2) is 10.8 Å². The minimum Gasteiger partial charge on any atom is -0.300 e. The maximum absolute atomic E-state index is 11.2. The van der Waals surface area contributed by atoms with Gasteiger partial charge in [0.1, 0.15) is 5.78 Å². The second-order valence-electron chi connectivity index (χ2n) is 4.03. The second-order valence-corrected chi connectivity index (χ2v) is 4.03. The summed E-state index contributed by atoms with van der Waals surface area (Å²) in [5.41, 5.74) is 1.12. The van der Waals surface area contributed by atoms with Gasteiger partial charge in [-0.05, 0) is 37.3 Å². The lowest BCUT2D eigenvalue weighted by atomic mass is 9.85. The molecule has 0 spiro atoms. The van der Waals surface area contributed by atoms with E-state index in [2.05, 4.69) is 4.98 Å². The van der Waals surface area contributed by atoms with Crippen molar-refractivity contribution in [2.24, 2.45) is 5.92 Å². The fraction of sp³-hybridized carbons (Fsp3) is 0.500. The molecule has 1 aliphatic rings. The Labute approximate surface area is 84.4 Å². The molecule has 74 valence electrons. The Morgan fingerprint density at radius 1 is 1.43 bits per heavy atom. The highest BCUT2D eigenvalue weighted by atomic mass is 16.1. The number of hydrogen-bond donors (Lipinski definition) is 0. The van der Waals surface area contributed by atoms with Gasteiger partial charge in [-0.15, -0.1) is 0 Å². The number of pyridine rings is 1. The zero-order chi connectivity index (χ0) is 9.80. The van der Waals surface area contributed by atoms with Crippen LogP contribution in [0.5, 0.6) is 0 Å². The molecule has 0 bridgehead atoms. The first-order chi connectivity index (χ1) is 6.84. The quantitative estimate of drug-likeness (QED) is 0.715. The van der Waals surface area contributed by atoms with Crippen molar-refractivity contribution >= 4 is 5.78 Å². The molecule has 1 aromatic rings. The number of nitrogens with zero attached hydrogens (tertiary/aromatic N) is 1. The van der Waals surface area contributed by atoms with Crippen molar-refractivity contribution in [3.05, 3.63) is 30.1 Å². The monoisotopic (exact) mass is 189 g/mol. The van der Waals surface area contributed by atoms with Gasteiger partial charge in [-0.2, -0.15) is 0 Å². The minimum atomic E-state index is 0.428. The van der Waals surface area contributed by atoms with Crippen LogP contribution >= 0.6 is 0 Å². The summed E-state index contributed by atoms with van der Waals surface area (Å²) in [5, 5.41) is 0. The zero-order valence-electron chi connectivity index (χ0n) is 8.28. The van der Waals surface area contributed by atoms with Gasteiger partial charge in [0.05, 0.1) is 0 Å². The van der Waals surface area contributed by atoms with Crippen molar-refractivity contribution in [1.82, 2.24) is 4.98 Å². The number of carbonyl (C=O) groups is 1. The van der Waals surface area contributed by atoms with Crippen LogP contribution in [0.25, 0.3) is 0 Å². The van der Waals surface area contributed by atoms with E-state index in [-0.39, 0.29) is 0 Å². The largest absolute Gasteiger partial charge is 0.300 e. The SMILES string of the molecule is O=C1CCCC(Cc2ccccn2)C1. The van der Waals surface area contributed by atoms with Crippen LogP contribution in [0, 0.1) is 5.92 Å². The maximum Gasteiger partial charge on any atom is 0.133 e. The fourth-order valence-electron chi connectivity index (χ4n) is 2.10. The van der Waals surface area contributed by atoms with Gasteiger partial charge < -0.3 is 0 Å². The average Bonchev–Trinajstić information content (AvgIpc) is 2.19. The Hall–Kier alpha value is -1.18. The third kappa shape index (κ3) is 2.41. The van der Waals surface area contributed by atoms with E-state index in [1.165, 1.54) is 6.42 Å². The lowest BCUT2D eigenvalue weighted by Crippen LogP contribution is -2.17. The summed E-state index contributed by atoms with van der Waals surface area (Å²) >= 11 is 0. The normalized spacial score (nSPS) is 22.3. The van der Waals surface area contributed by atoms with E-state index in [0.29, 0.717) is 11.7 Å². The lowest BCUT2D eigenvalue weighted by molar-refractivity contribution is -0.121. The van der Waals surface area contributed by atoms with E-state index < -0.39 is 0 Å². The lowest BCUT2D eigenvalue weighted by Gasteiger charge is -2.19. The van der Waals surface area contributed by atoms with Gasteiger partial charge >= 0.3 is 0 Å². The zero-order valence-corrected chi connectivity index (χ0v) is 8.28. The van der Waals surface area contributed by atoms with Crippen LogP contribution in [0.4, 0.5) is 0 Å². The number of ketones is 1. The van der Waals surface area contributed by atoms with Crippen LogP contribution in [0.3, 0.4) is 0 Å². The summed E-state index contributed by atoms with van der Waals surface area (Å²) in [6, 6.07) is 5.97. The average molecular weight is 189 g/mol. The molecule has 1 fully saturated rings. The third-order valence-corrected chi connectivity index (χ3v) is 2.81. The van der Waals surface area contributed by atoms with Crippen molar-refractivity contribution < 1.29 is 4.79 Å². The number of rotatable bonds is 2. The van der Waals surface area contributed by atoms with Crippen LogP contribution in [0.1, 0.15) is 31.4 Å². The first-order valence-corrected chi connectivity index (χ1v) is 5.26. The molecular weight excluding hydrogens is 174 g/mol. The second kappa shape index (κ2) is 4.36. The molecule has 0 aromatic carbocycles. The molecule has 1 heterocycles. The molecule has 0 N–H and O–H groups in total. The third-order valence-electron chi connectivity index (χ3n) is 2.81. The summed E-state index contributed by atoms with van der Waals surface area (Å²) in [5.74, 6) is 0.961. The number of carbonyl (C=O) groups excluding carboxylic acids is 1. The summed E-state index contributed by atoms with van der Waals surface area (Å²) in [6.45, 7) is 0. The topological polar surface area (TPSA) is 30.0 Å². The highest BCUT2D eigenvalue weighted by Gasteiger charge is 2.19. The van der Waals surface area contributed by atoms with Gasteiger partial charge in [-0.3, -0.25) is 9.78 Å². The van der Waals surface area contributed by atoms with Crippen molar-refractivity contribution in [3.8, 4) is 0 Å². The van der Waals surface area contributed by atoms with E-state index in [1.54, 1.807) is 0 Å². The molecule has 1 unspecified atom stereocenters. The van der Waals surface area contributed by atoms with Crippen LogP contribution in [0.2, 0.25) is 0 Å². The summed E-state index contributed by atoms with van der Waals surface area (Å²) in [4.78, 5) is 15.5. The number of aromatic nitrogens is 1. The molecule has 1 atom stereocenters. The van der Waals surface area contributed by atoms with E-state index in [9.17, 15) is 4.79 Å². The standard InChI is InChI=1S/C12H15NO/c14-12-6-3-4-10(9-12)8-11-5-1-2-7-13-11/h1-2,5,7,10H,3-4,6,8-9H2. The van der Waals surface area contributed by atoms with Gasteiger partial charge in [0.2, 0.25) is 0 Å². The molecule has 0 amide bonds. The molecule has 0 aliphatic heterocycles. The molecule has 2 nitrogen and oxygen atoms in total. The van der Waals surface area contributed by atoms with Crippen molar-refractivity contribution in [3.63, 3.8) is 0 Å².